The van der Waals surface area contributed by atoms with Gasteiger partial charge in [0.05, 0.1) is 0 Å². The molecule has 1 aromatic rings. The van der Waals surface area contributed by atoms with E-state index in [1.807, 2.05) is 0 Å². The molecule has 0 spiro atoms. The molecular formula is C8H8F3NO. The average Bonchev–Trinajstić information content (AvgIpc) is 2.03. The Morgan fingerprint density at radius 3 is 2.54 bits per heavy atom. The molecule has 2 N–H and O–H groups in total. The third kappa shape index (κ3) is 2.62. The molecule has 0 unspecified atom stereocenters. The first-order valence-electron chi connectivity index (χ1n) is 3.57. The number of benzene rings is 1. The van der Waals surface area contributed by atoms with E-state index in [0.29, 0.717) is 0 Å². The van der Waals surface area contributed by atoms with Gasteiger partial charge in [0.1, 0.15) is 11.6 Å². The first-order valence-corrected chi connectivity index (χ1v) is 3.57. The van der Waals surface area contributed by atoms with Gasteiger partial charge in [0, 0.05) is 18.2 Å². The van der Waals surface area contributed by atoms with E-state index in [4.69, 9.17) is 5.73 Å². The topological polar surface area (TPSA) is 35.2 Å². The molecule has 2 nitrogen and oxygen atoms in total. The number of alkyl halides is 2. The predicted molar refractivity (Wildman–Crippen MR) is 40.9 cm³/mol. The highest BCUT2D eigenvalue weighted by Crippen LogP contribution is 2.17. The lowest BCUT2D eigenvalue weighted by Gasteiger charge is -2.05. The number of ether oxygens (including phenoxy) is 1. The molecule has 1 aromatic carbocycles. The Bertz CT molecular complexity index is 291. The zero-order valence-corrected chi connectivity index (χ0v) is 6.64. The fraction of sp³-hybridized carbons (Fsp3) is 0.250. The van der Waals surface area contributed by atoms with Crippen LogP contribution >= 0.6 is 0 Å². The summed E-state index contributed by atoms with van der Waals surface area (Å²) in [6, 6.07) is 3.44. The first kappa shape index (κ1) is 9.85. The standard InChI is InChI=1S/C8H8F3NO/c9-7-3-6(13-8(10)11)2-1-5(7)4-12/h1-3,8H,4,12H2. The van der Waals surface area contributed by atoms with Gasteiger partial charge in [-0.1, -0.05) is 6.07 Å². The maximum absolute atomic E-state index is 12.9. The number of halogens is 3. The molecule has 0 amide bonds. The lowest BCUT2D eigenvalue weighted by Crippen LogP contribution is -2.04. The number of nitrogens with two attached hydrogens (primary N) is 1. The molecule has 72 valence electrons. The second-order valence-corrected chi connectivity index (χ2v) is 2.34. The van der Waals surface area contributed by atoms with Gasteiger partial charge in [0.15, 0.2) is 0 Å². The Labute approximate surface area is 73.1 Å². The van der Waals surface area contributed by atoms with E-state index in [9.17, 15) is 13.2 Å². The Morgan fingerprint density at radius 2 is 2.08 bits per heavy atom. The van der Waals surface area contributed by atoms with E-state index >= 15 is 0 Å². The normalized spacial score (nSPS) is 10.5. The number of hydrogen-bond donors (Lipinski definition) is 1. The van der Waals surface area contributed by atoms with Crippen molar-refractivity contribution in [2.24, 2.45) is 5.73 Å². The molecule has 0 aliphatic rings. The van der Waals surface area contributed by atoms with E-state index in [2.05, 4.69) is 4.74 Å². The van der Waals surface area contributed by atoms with Crippen LogP contribution in [0.5, 0.6) is 5.75 Å². The molecule has 0 radical (unpaired) electrons. The van der Waals surface area contributed by atoms with Crippen molar-refractivity contribution in [3.63, 3.8) is 0 Å². The molecule has 0 aliphatic carbocycles. The minimum atomic E-state index is -2.94. The van der Waals surface area contributed by atoms with Gasteiger partial charge in [-0.2, -0.15) is 8.78 Å². The third-order valence-corrected chi connectivity index (χ3v) is 1.47. The molecule has 0 aromatic heterocycles. The van der Waals surface area contributed by atoms with Crippen molar-refractivity contribution in [3.05, 3.63) is 29.6 Å². The second-order valence-electron chi connectivity index (χ2n) is 2.34. The van der Waals surface area contributed by atoms with Crippen LogP contribution in [0.25, 0.3) is 0 Å². The van der Waals surface area contributed by atoms with E-state index in [-0.39, 0.29) is 17.9 Å². The fourth-order valence-corrected chi connectivity index (χ4v) is 0.870. The summed E-state index contributed by atoms with van der Waals surface area (Å²) in [6.45, 7) is -2.91. The van der Waals surface area contributed by atoms with E-state index < -0.39 is 12.4 Å². The summed E-state index contributed by atoms with van der Waals surface area (Å²) in [7, 11) is 0. The minimum Gasteiger partial charge on any atom is -0.435 e. The molecule has 0 atom stereocenters. The van der Waals surface area contributed by atoms with Gasteiger partial charge in [-0.3, -0.25) is 0 Å². The van der Waals surface area contributed by atoms with Crippen LogP contribution in [0.3, 0.4) is 0 Å². The van der Waals surface area contributed by atoms with E-state index in [0.717, 1.165) is 6.07 Å². The van der Waals surface area contributed by atoms with Crippen molar-refractivity contribution in [3.8, 4) is 5.75 Å². The van der Waals surface area contributed by atoms with Crippen molar-refractivity contribution in [1.82, 2.24) is 0 Å². The highest BCUT2D eigenvalue weighted by Gasteiger charge is 2.06. The molecule has 0 bridgehead atoms. The van der Waals surface area contributed by atoms with Crippen LogP contribution in [0.4, 0.5) is 13.2 Å². The van der Waals surface area contributed by atoms with Gasteiger partial charge in [-0.05, 0) is 6.07 Å². The predicted octanol–water partition coefficient (Wildman–Crippen LogP) is 1.89. The molecule has 0 heterocycles. The second kappa shape index (κ2) is 4.13. The third-order valence-electron chi connectivity index (χ3n) is 1.47. The summed E-state index contributed by atoms with van der Waals surface area (Å²) < 4.78 is 40.2. The quantitative estimate of drug-likeness (QED) is 0.791. The van der Waals surface area contributed by atoms with Crippen molar-refractivity contribution in [1.29, 1.82) is 0 Å². The Morgan fingerprint density at radius 1 is 1.38 bits per heavy atom. The molecule has 1 rings (SSSR count). The van der Waals surface area contributed by atoms with Crippen LogP contribution in [0.15, 0.2) is 18.2 Å². The molecular weight excluding hydrogens is 183 g/mol. The summed E-state index contributed by atoms with van der Waals surface area (Å²) in [5, 5.41) is 0. The monoisotopic (exact) mass is 191 g/mol. The molecule has 0 saturated heterocycles. The molecule has 13 heavy (non-hydrogen) atoms. The maximum atomic E-state index is 12.9. The Kier molecular flexibility index (Phi) is 3.13. The van der Waals surface area contributed by atoms with Crippen LogP contribution in [-0.4, -0.2) is 6.61 Å². The smallest absolute Gasteiger partial charge is 0.387 e. The van der Waals surface area contributed by atoms with Crippen LogP contribution in [0.2, 0.25) is 0 Å². The van der Waals surface area contributed by atoms with Crippen LogP contribution in [-0.2, 0) is 6.54 Å². The van der Waals surface area contributed by atoms with Crippen molar-refractivity contribution in [2.45, 2.75) is 13.2 Å². The largest absolute Gasteiger partial charge is 0.435 e. The summed E-state index contributed by atoms with van der Waals surface area (Å²) in [4.78, 5) is 0. The van der Waals surface area contributed by atoms with Crippen molar-refractivity contribution in [2.75, 3.05) is 0 Å². The molecule has 0 fully saturated rings. The van der Waals surface area contributed by atoms with E-state index in [1.54, 1.807) is 0 Å². The van der Waals surface area contributed by atoms with Gasteiger partial charge >= 0.3 is 6.61 Å². The summed E-state index contributed by atoms with van der Waals surface area (Å²) in [5.74, 6) is -0.842. The number of rotatable bonds is 3. The van der Waals surface area contributed by atoms with Crippen molar-refractivity contribution >= 4 is 0 Å². The van der Waals surface area contributed by atoms with Gasteiger partial charge in [-0.25, -0.2) is 4.39 Å². The van der Waals surface area contributed by atoms with Gasteiger partial charge in [0.2, 0.25) is 0 Å². The summed E-state index contributed by atoms with van der Waals surface area (Å²) in [5.41, 5.74) is 5.44. The van der Waals surface area contributed by atoms with Gasteiger partial charge in [0.25, 0.3) is 0 Å². The zero-order valence-electron chi connectivity index (χ0n) is 6.64. The highest BCUT2D eigenvalue weighted by molar-refractivity contribution is 5.28. The summed E-state index contributed by atoms with van der Waals surface area (Å²) >= 11 is 0. The lowest BCUT2D eigenvalue weighted by atomic mass is 10.2. The average molecular weight is 191 g/mol. The highest BCUT2D eigenvalue weighted by atomic mass is 19.3. The summed E-state index contributed by atoms with van der Waals surface area (Å²) in [6.07, 6.45) is 0. The molecule has 0 aliphatic heterocycles. The lowest BCUT2D eigenvalue weighted by molar-refractivity contribution is -0.0500. The van der Waals surface area contributed by atoms with Crippen LogP contribution in [0, 0.1) is 5.82 Å². The SMILES string of the molecule is NCc1ccc(OC(F)F)cc1F. The maximum Gasteiger partial charge on any atom is 0.387 e. The van der Waals surface area contributed by atoms with Crippen molar-refractivity contribution < 1.29 is 17.9 Å². The Hall–Kier alpha value is -1.23. The minimum absolute atomic E-state index is 0.0286. The first-order chi connectivity index (χ1) is 6.13. The number of hydrogen-bond acceptors (Lipinski definition) is 2. The molecule has 0 saturated carbocycles. The van der Waals surface area contributed by atoms with Crippen LogP contribution < -0.4 is 10.5 Å². The Balaban J connectivity index is 2.83. The van der Waals surface area contributed by atoms with Crippen LogP contribution in [0.1, 0.15) is 5.56 Å². The molecule has 5 heteroatoms. The van der Waals surface area contributed by atoms with Gasteiger partial charge in [-0.15, -0.1) is 0 Å². The fourth-order valence-electron chi connectivity index (χ4n) is 0.870. The van der Waals surface area contributed by atoms with E-state index in [1.165, 1.54) is 12.1 Å². The van der Waals surface area contributed by atoms with Gasteiger partial charge < -0.3 is 10.5 Å². The zero-order chi connectivity index (χ0) is 9.84.